The van der Waals surface area contributed by atoms with Crippen LogP contribution >= 0.6 is 0 Å². The van der Waals surface area contributed by atoms with E-state index in [1.807, 2.05) is 48.5 Å². The number of benzene rings is 2. The van der Waals surface area contributed by atoms with Gasteiger partial charge in [0.25, 0.3) is 0 Å². The minimum absolute atomic E-state index is 0.0280. The molecule has 1 aliphatic heterocycles. The Labute approximate surface area is 152 Å². The molecule has 0 unspecified atom stereocenters. The van der Waals surface area contributed by atoms with Crippen LogP contribution in [0.5, 0.6) is 11.5 Å². The van der Waals surface area contributed by atoms with E-state index in [2.05, 4.69) is 5.32 Å². The van der Waals surface area contributed by atoms with Crippen LogP contribution in [0.3, 0.4) is 0 Å². The first-order valence-electron chi connectivity index (χ1n) is 9.02. The zero-order valence-electron chi connectivity index (χ0n) is 14.4. The van der Waals surface area contributed by atoms with Gasteiger partial charge in [-0.25, -0.2) is 0 Å². The van der Waals surface area contributed by atoms with Gasteiger partial charge in [0, 0.05) is 17.2 Å². The van der Waals surface area contributed by atoms with Gasteiger partial charge < -0.3 is 15.2 Å². The molecule has 0 saturated heterocycles. The summed E-state index contributed by atoms with van der Waals surface area (Å²) in [5.74, 6) is -0.0584. The van der Waals surface area contributed by atoms with E-state index in [4.69, 9.17) is 9.84 Å². The standard InChI is InChI=1S/C21H21NO4/c23-20(22-14-11-9-13(10-12-14)21(24)25)19-15-5-1-3-7-17(15)26-18-8-4-2-6-16(18)19/h1-8,13-14,19H,9-12H2,(H,22,23)(H,24,25). The molecule has 0 spiro atoms. The maximum Gasteiger partial charge on any atom is 0.306 e. The molecule has 2 aromatic carbocycles. The van der Waals surface area contributed by atoms with E-state index >= 15 is 0 Å². The Morgan fingerprint density at radius 3 is 1.96 bits per heavy atom. The number of carboxylic acids is 1. The van der Waals surface area contributed by atoms with Gasteiger partial charge in [0.1, 0.15) is 11.5 Å². The monoisotopic (exact) mass is 351 g/mol. The molecule has 2 N–H and O–H groups in total. The topological polar surface area (TPSA) is 75.6 Å². The van der Waals surface area contributed by atoms with E-state index in [-0.39, 0.29) is 17.9 Å². The van der Waals surface area contributed by atoms with Crippen LogP contribution in [0.15, 0.2) is 48.5 Å². The van der Waals surface area contributed by atoms with E-state index in [0.29, 0.717) is 37.2 Å². The summed E-state index contributed by atoms with van der Waals surface area (Å²) in [6.45, 7) is 0. The first kappa shape index (κ1) is 16.6. The summed E-state index contributed by atoms with van der Waals surface area (Å²) >= 11 is 0. The van der Waals surface area contributed by atoms with Gasteiger partial charge in [0.15, 0.2) is 0 Å². The largest absolute Gasteiger partial charge is 0.481 e. The Kier molecular flexibility index (Phi) is 4.37. The normalized spacial score (nSPS) is 21.8. The average Bonchev–Trinajstić information content (AvgIpc) is 2.66. The minimum Gasteiger partial charge on any atom is -0.481 e. The average molecular weight is 351 g/mol. The molecule has 1 saturated carbocycles. The van der Waals surface area contributed by atoms with Crippen LogP contribution in [0.1, 0.15) is 42.7 Å². The summed E-state index contributed by atoms with van der Waals surface area (Å²) in [5.41, 5.74) is 1.73. The van der Waals surface area contributed by atoms with Crippen molar-refractivity contribution in [2.24, 2.45) is 5.92 Å². The molecule has 2 aromatic rings. The van der Waals surface area contributed by atoms with Gasteiger partial charge in [-0.3, -0.25) is 9.59 Å². The second kappa shape index (κ2) is 6.83. The zero-order chi connectivity index (χ0) is 18.1. The Morgan fingerprint density at radius 1 is 0.885 bits per heavy atom. The molecule has 1 heterocycles. The predicted octanol–water partition coefficient (Wildman–Crippen LogP) is 3.68. The third kappa shape index (κ3) is 3.05. The third-order valence-corrected chi connectivity index (χ3v) is 5.36. The quantitative estimate of drug-likeness (QED) is 0.884. The highest BCUT2D eigenvalue weighted by atomic mass is 16.5. The molecule has 1 aliphatic carbocycles. The highest BCUT2D eigenvalue weighted by Gasteiger charge is 2.34. The van der Waals surface area contributed by atoms with Crippen LogP contribution in [0.2, 0.25) is 0 Å². The van der Waals surface area contributed by atoms with Crippen LogP contribution in [0, 0.1) is 5.92 Å². The number of aliphatic carboxylic acids is 1. The second-order valence-corrected chi connectivity index (χ2v) is 7.01. The lowest BCUT2D eigenvalue weighted by Gasteiger charge is -2.31. The first-order chi connectivity index (χ1) is 12.6. The molecule has 1 amide bonds. The van der Waals surface area contributed by atoms with Gasteiger partial charge in [-0.2, -0.15) is 0 Å². The van der Waals surface area contributed by atoms with Crippen molar-refractivity contribution in [3.8, 4) is 11.5 Å². The number of para-hydroxylation sites is 2. The lowest BCUT2D eigenvalue weighted by molar-refractivity contribution is -0.142. The molecule has 134 valence electrons. The fourth-order valence-corrected chi connectivity index (χ4v) is 3.96. The SMILES string of the molecule is O=C(O)C1CCC(NC(=O)C2c3ccccc3Oc3ccccc32)CC1. The van der Waals surface area contributed by atoms with E-state index in [0.717, 1.165) is 11.1 Å². The number of hydrogen-bond donors (Lipinski definition) is 2. The molecular formula is C21H21NO4. The highest BCUT2D eigenvalue weighted by molar-refractivity contribution is 5.89. The number of carbonyl (C=O) groups excluding carboxylic acids is 1. The Morgan fingerprint density at radius 2 is 1.42 bits per heavy atom. The Bertz CT molecular complexity index is 794. The summed E-state index contributed by atoms with van der Waals surface area (Å²) in [7, 11) is 0. The van der Waals surface area contributed by atoms with Gasteiger partial charge in [0.05, 0.1) is 11.8 Å². The number of carbonyl (C=O) groups is 2. The van der Waals surface area contributed by atoms with E-state index < -0.39 is 11.9 Å². The number of fused-ring (bicyclic) bond motifs is 2. The van der Waals surface area contributed by atoms with Gasteiger partial charge in [0.2, 0.25) is 5.91 Å². The lowest BCUT2D eigenvalue weighted by Crippen LogP contribution is -2.41. The number of hydrogen-bond acceptors (Lipinski definition) is 3. The highest BCUT2D eigenvalue weighted by Crippen LogP contribution is 2.44. The molecule has 1 fully saturated rings. The lowest BCUT2D eigenvalue weighted by atomic mass is 9.84. The molecule has 4 rings (SSSR count). The third-order valence-electron chi connectivity index (χ3n) is 5.36. The fraction of sp³-hybridized carbons (Fsp3) is 0.333. The van der Waals surface area contributed by atoms with Crippen molar-refractivity contribution in [3.63, 3.8) is 0 Å². The van der Waals surface area contributed by atoms with Crippen molar-refractivity contribution in [1.82, 2.24) is 5.32 Å². The molecular weight excluding hydrogens is 330 g/mol. The Balaban J connectivity index is 1.56. The van der Waals surface area contributed by atoms with E-state index in [9.17, 15) is 9.59 Å². The van der Waals surface area contributed by atoms with Crippen LogP contribution in [-0.4, -0.2) is 23.0 Å². The number of nitrogens with one attached hydrogen (secondary N) is 1. The minimum atomic E-state index is -0.734. The smallest absolute Gasteiger partial charge is 0.306 e. The second-order valence-electron chi connectivity index (χ2n) is 7.01. The number of ether oxygens (including phenoxy) is 1. The molecule has 0 bridgehead atoms. The molecule has 0 radical (unpaired) electrons. The van der Waals surface area contributed by atoms with Crippen LogP contribution in [0.25, 0.3) is 0 Å². The van der Waals surface area contributed by atoms with Crippen LogP contribution in [0.4, 0.5) is 0 Å². The molecule has 0 aromatic heterocycles. The number of carboxylic acid groups (broad SMARTS) is 1. The fourth-order valence-electron chi connectivity index (χ4n) is 3.96. The van der Waals surface area contributed by atoms with Crippen molar-refractivity contribution < 1.29 is 19.4 Å². The maximum absolute atomic E-state index is 13.1. The maximum atomic E-state index is 13.1. The summed E-state index contributed by atoms with van der Waals surface area (Å²) in [6, 6.07) is 15.3. The van der Waals surface area contributed by atoms with Crippen molar-refractivity contribution in [3.05, 3.63) is 59.7 Å². The summed E-state index contributed by atoms with van der Waals surface area (Å²) in [6.07, 6.45) is 2.63. The van der Waals surface area contributed by atoms with Gasteiger partial charge >= 0.3 is 5.97 Å². The molecule has 2 aliphatic rings. The zero-order valence-corrected chi connectivity index (χ0v) is 14.4. The van der Waals surface area contributed by atoms with E-state index in [1.54, 1.807) is 0 Å². The van der Waals surface area contributed by atoms with Gasteiger partial charge in [-0.05, 0) is 37.8 Å². The predicted molar refractivity (Wildman–Crippen MR) is 96.3 cm³/mol. The van der Waals surface area contributed by atoms with Crippen molar-refractivity contribution in [1.29, 1.82) is 0 Å². The summed E-state index contributed by atoms with van der Waals surface area (Å²) < 4.78 is 5.94. The number of rotatable bonds is 3. The van der Waals surface area contributed by atoms with Crippen molar-refractivity contribution in [2.45, 2.75) is 37.6 Å². The van der Waals surface area contributed by atoms with Crippen molar-refractivity contribution in [2.75, 3.05) is 0 Å². The Hall–Kier alpha value is -2.82. The van der Waals surface area contributed by atoms with Crippen LogP contribution in [-0.2, 0) is 9.59 Å². The molecule has 5 nitrogen and oxygen atoms in total. The van der Waals surface area contributed by atoms with Crippen molar-refractivity contribution >= 4 is 11.9 Å². The van der Waals surface area contributed by atoms with Gasteiger partial charge in [-0.1, -0.05) is 36.4 Å². The van der Waals surface area contributed by atoms with Gasteiger partial charge in [-0.15, -0.1) is 0 Å². The van der Waals surface area contributed by atoms with E-state index in [1.165, 1.54) is 0 Å². The number of amides is 1. The summed E-state index contributed by atoms with van der Waals surface area (Å²) in [5, 5.41) is 12.3. The van der Waals surface area contributed by atoms with Crippen LogP contribution < -0.4 is 10.1 Å². The molecule has 26 heavy (non-hydrogen) atoms. The summed E-state index contributed by atoms with van der Waals surface area (Å²) in [4.78, 5) is 24.2. The molecule has 5 heteroatoms. The molecule has 0 atom stereocenters. The first-order valence-corrected chi connectivity index (χ1v) is 9.02.